The third-order valence-electron chi connectivity index (χ3n) is 2.33. The van der Waals surface area contributed by atoms with Gasteiger partial charge in [0, 0.05) is 12.0 Å². The van der Waals surface area contributed by atoms with Crippen LogP contribution in [0.5, 0.6) is 0 Å². The molecule has 1 atom stereocenters. The fourth-order valence-electron chi connectivity index (χ4n) is 1.16. The highest BCUT2D eigenvalue weighted by molar-refractivity contribution is 5.85. The van der Waals surface area contributed by atoms with Gasteiger partial charge < -0.3 is 0 Å². The number of hydrogen-bond donors (Lipinski definition) is 1. The van der Waals surface area contributed by atoms with Crippen LogP contribution >= 0.6 is 0 Å². The molecule has 0 heterocycles. The zero-order valence-corrected chi connectivity index (χ0v) is 9.59. The molecule has 13 heavy (non-hydrogen) atoms. The molecule has 0 spiro atoms. The van der Waals surface area contributed by atoms with Gasteiger partial charge in [-0.05, 0) is 27.9 Å². The molecule has 0 aromatic rings. The zero-order valence-electron chi connectivity index (χ0n) is 9.59. The van der Waals surface area contributed by atoms with Crippen LogP contribution in [0.4, 0.5) is 0 Å². The quantitative estimate of drug-likeness (QED) is 0.652. The first-order valence-electron chi connectivity index (χ1n) is 4.84. The molecule has 0 aliphatic rings. The van der Waals surface area contributed by atoms with Gasteiger partial charge in [0.1, 0.15) is 6.17 Å². The highest BCUT2D eigenvalue weighted by atomic mass is 16.1. The van der Waals surface area contributed by atoms with E-state index < -0.39 is 0 Å². The Morgan fingerprint density at radius 3 is 1.92 bits per heavy atom. The number of rotatable bonds is 5. The number of ketones is 1. The number of nitrogens with one attached hydrogen (secondary N) is 1. The summed E-state index contributed by atoms with van der Waals surface area (Å²) < 4.78 is 0. The first kappa shape index (κ1) is 12.6. The maximum atomic E-state index is 11.7. The van der Waals surface area contributed by atoms with Crippen molar-refractivity contribution in [2.45, 2.75) is 39.9 Å². The Bertz CT molecular complexity index is 166. The predicted octanol–water partition coefficient (Wildman–Crippen LogP) is 1.10. The van der Waals surface area contributed by atoms with E-state index in [1.165, 1.54) is 0 Å². The van der Waals surface area contributed by atoms with Crippen molar-refractivity contribution in [1.29, 1.82) is 0 Å². The highest BCUT2D eigenvalue weighted by Crippen LogP contribution is 2.06. The molecule has 0 aromatic carbocycles. The summed E-state index contributed by atoms with van der Waals surface area (Å²) in [6, 6.07) is 0.375. The molecule has 0 unspecified atom stereocenters. The van der Waals surface area contributed by atoms with E-state index in [2.05, 4.69) is 19.2 Å². The average molecular weight is 186 g/mol. The lowest BCUT2D eigenvalue weighted by Gasteiger charge is -2.30. The molecule has 0 aliphatic heterocycles. The van der Waals surface area contributed by atoms with E-state index in [4.69, 9.17) is 0 Å². The van der Waals surface area contributed by atoms with Gasteiger partial charge in [-0.25, -0.2) is 0 Å². The average Bonchev–Trinajstić information content (AvgIpc) is 2.04. The second kappa shape index (κ2) is 5.35. The van der Waals surface area contributed by atoms with Crippen molar-refractivity contribution in [3.8, 4) is 0 Å². The molecule has 0 saturated heterocycles. The monoisotopic (exact) mass is 186 g/mol. The summed E-state index contributed by atoms with van der Waals surface area (Å²) in [7, 11) is 3.79. The number of hydrogen-bond acceptors (Lipinski definition) is 3. The van der Waals surface area contributed by atoms with Crippen molar-refractivity contribution in [3.63, 3.8) is 0 Å². The summed E-state index contributed by atoms with van der Waals surface area (Å²) in [6.45, 7) is 8.03. The summed E-state index contributed by atoms with van der Waals surface area (Å²) in [5.41, 5.74) is 0. The minimum Gasteiger partial charge on any atom is -0.299 e. The lowest BCUT2D eigenvalue weighted by atomic mass is 10.1. The summed E-state index contributed by atoms with van der Waals surface area (Å²) >= 11 is 0. The maximum Gasteiger partial charge on any atom is 0.166 e. The molecule has 0 amide bonds. The first-order chi connectivity index (χ1) is 5.91. The van der Waals surface area contributed by atoms with Crippen molar-refractivity contribution in [1.82, 2.24) is 10.2 Å². The van der Waals surface area contributed by atoms with Crippen molar-refractivity contribution in [2.24, 2.45) is 5.92 Å². The highest BCUT2D eigenvalue weighted by Gasteiger charge is 2.24. The third kappa shape index (κ3) is 3.44. The SMILES string of the molecule is CN[C@@H](C(=O)C(C)C)N(C)C(C)C. The number of nitrogens with zero attached hydrogens (tertiary/aromatic N) is 1. The molecular weight excluding hydrogens is 164 g/mol. The summed E-state index contributed by atoms with van der Waals surface area (Å²) in [4.78, 5) is 13.8. The van der Waals surface area contributed by atoms with Crippen LogP contribution in [0.2, 0.25) is 0 Å². The van der Waals surface area contributed by atoms with E-state index in [1.54, 1.807) is 0 Å². The smallest absolute Gasteiger partial charge is 0.166 e. The predicted molar refractivity (Wildman–Crippen MR) is 55.6 cm³/mol. The number of likely N-dealkylation sites (N-methyl/N-ethyl adjacent to an activating group) is 2. The summed E-state index contributed by atoms with van der Waals surface area (Å²) in [6.07, 6.45) is -0.153. The van der Waals surface area contributed by atoms with Gasteiger partial charge in [0.15, 0.2) is 5.78 Å². The Morgan fingerprint density at radius 2 is 1.69 bits per heavy atom. The molecule has 0 aliphatic carbocycles. The third-order valence-corrected chi connectivity index (χ3v) is 2.33. The van der Waals surface area contributed by atoms with Crippen LogP contribution in [0.25, 0.3) is 0 Å². The molecule has 0 saturated carbocycles. The second-order valence-electron chi connectivity index (χ2n) is 4.01. The molecule has 3 nitrogen and oxygen atoms in total. The van der Waals surface area contributed by atoms with Gasteiger partial charge in [0.25, 0.3) is 0 Å². The lowest BCUT2D eigenvalue weighted by Crippen LogP contribution is -2.51. The van der Waals surface area contributed by atoms with Crippen LogP contribution in [0.3, 0.4) is 0 Å². The molecule has 1 N–H and O–H groups in total. The van der Waals surface area contributed by atoms with Crippen LogP contribution in [0.1, 0.15) is 27.7 Å². The number of Topliss-reactive ketones (excluding diaryl/α,β-unsaturated/α-hetero) is 1. The van der Waals surface area contributed by atoms with E-state index in [0.29, 0.717) is 6.04 Å². The Balaban J connectivity index is 4.41. The Morgan fingerprint density at radius 1 is 1.23 bits per heavy atom. The van der Waals surface area contributed by atoms with Crippen LogP contribution in [-0.2, 0) is 4.79 Å². The van der Waals surface area contributed by atoms with Gasteiger partial charge in [-0.3, -0.25) is 15.0 Å². The standard InChI is InChI=1S/C10H22N2O/c1-7(2)9(13)10(11-5)12(6)8(3)4/h7-8,10-11H,1-6H3/t10-/m1/s1. The molecule has 0 rings (SSSR count). The van der Waals surface area contributed by atoms with E-state index >= 15 is 0 Å². The molecule has 0 aromatic heterocycles. The first-order valence-corrected chi connectivity index (χ1v) is 4.84. The molecule has 3 heteroatoms. The molecular formula is C10H22N2O. The molecule has 0 fully saturated rings. The van der Waals surface area contributed by atoms with Crippen LogP contribution in [0, 0.1) is 5.92 Å². The van der Waals surface area contributed by atoms with Gasteiger partial charge in [-0.15, -0.1) is 0 Å². The van der Waals surface area contributed by atoms with Crippen molar-refractivity contribution in [2.75, 3.05) is 14.1 Å². The van der Waals surface area contributed by atoms with Crippen LogP contribution in [-0.4, -0.2) is 37.0 Å². The summed E-state index contributed by atoms with van der Waals surface area (Å²) in [5, 5.41) is 3.04. The fraction of sp³-hybridized carbons (Fsp3) is 0.900. The minimum absolute atomic E-state index is 0.0821. The summed E-state index contributed by atoms with van der Waals surface area (Å²) in [5.74, 6) is 0.331. The topological polar surface area (TPSA) is 32.3 Å². The Hall–Kier alpha value is -0.410. The Kier molecular flexibility index (Phi) is 5.18. The van der Waals surface area contributed by atoms with Gasteiger partial charge in [-0.1, -0.05) is 13.8 Å². The lowest BCUT2D eigenvalue weighted by molar-refractivity contribution is -0.128. The van der Waals surface area contributed by atoms with Crippen LogP contribution < -0.4 is 5.32 Å². The van der Waals surface area contributed by atoms with Gasteiger partial charge >= 0.3 is 0 Å². The van der Waals surface area contributed by atoms with E-state index in [9.17, 15) is 4.79 Å². The van der Waals surface area contributed by atoms with Crippen LogP contribution in [0.15, 0.2) is 0 Å². The maximum absolute atomic E-state index is 11.7. The van der Waals surface area contributed by atoms with E-state index in [0.717, 1.165) is 0 Å². The largest absolute Gasteiger partial charge is 0.299 e. The van der Waals surface area contributed by atoms with Crippen molar-refractivity contribution in [3.05, 3.63) is 0 Å². The van der Waals surface area contributed by atoms with Gasteiger partial charge in [0.2, 0.25) is 0 Å². The van der Waals surface area contributed by atoms with Gasteiger partial charge in [-0.2, -0.15) is 0 Å². The van der Waals surface area contributed by atoms with Crippen molar-refractivity contribution < 1.29 is 4.79 Å². The molecule has 0 radical (unpaired) electrons. The molecule has 0 bridgehead atoms. The number of carbonyl (C=O) groups excluding carboxylic acids is 1. The normalized spacial score (nSPS) is 14.2. The van der Waals surface area contributed by atoms with Gasteiger partial charge in [0.05, 0.1) is 0 Å². The fourth-order valence-corrected chi connectivity index (χ4v) is 1.16. The molecule has 78 valence electrons. The van der Waals surface area contributed by atoms with E-state index in [1.807, 2.05) is 32.8 Å². The van der Waals surface area contributed by atoms with Crippen molar-refractivity contribution >= 4 is 5.78 Å². The second-order valence-corrected chi connectivity index (χ2v) is 4.01. The zero-order chi connectivity index (χ0) is 10.6. The Labute approximate surface area is 81.5 Å². The van der Waals surface area contributed by atoms with E-state index in [-0.39, 0.29) is 17.9 Å². The minimum atomic E-state index is -0.153. The number of carbonyl (C=O) groups is 1.